The van der Waals surface area contributed by atoms with Crippen molar-refractivity contribution in [2.45, 2.75) is 36.9 Å². The summed E-state index contributed by atoms with van der Waals surface area (Å²) in [5.41, 5.74) is 1.36. The van der Waals surface area contributed by atoms with E-state index in [1.165, 1.54) is 13.0 Å². The van der Waals surface area contributed by atoms with E-state index in [-0.39, 0.29) is 17.7 Å². The molecule has 1 saturated heterocycles. The first-order valence-electron chi connectivity index (χ1n) is 13.2. The molecule has 0 radical (unpaired) electrons. The van der Waals surface area contributed by atoms with Gasteiger partial charge in [0.1, 0.15) is 53.2 Å². The second-order valence-corrected chi connectivity index (χ2v) is 10.0. The Morgan fingerprint density at radius 2 is 1.27 bits per heavy atom. The normalized spacial score (nSPS) is 20.7. The number of hydrogen-bond donors (Lipinski definition) is 2. The molecule has 4 aromatic rings. The Kier molecular flexibility index (Phi) is 8.37. The molecule has 214 valence electrons. The molecule has 5 rings (SSSR count). The van der Waals surface area contributed by atoms with Crippen molar-refractivity contribution >= 4 is 0 Å². The zero-order chi connectivity index (χ0) is 29.1. The molecule has 0 amide bonds. The molecule has 4 atom stereocenters. The molecule has 1 heterocycles. The maximum absolute atomic E-state index is 14.7. The average Bonchev–Trinajstić information content (AvgIpc) is 3.29. The number of aryl methyl sites for hydroxylation is 1. The van der Waals surface area contributed by atoms with Gasteiger partial charge in [-0.2, -0.15) is 0 Å². The van der Waals surface area contributed by atoms with E-state index in [4.69, 9.17) is 18.9 Å². The van der Waals surface area contributed by atoms with Gasteiger partial charge < -0.3 is 29.2 Å². The summed E-state index contributed by atoms with van der Waals surface area (Å²) >= 11 is 0. The van der Waals surface area contributed by atoms with Crippen LogP contribution < -0.4 is 9.47 Å². The van der Waals surface area contributed by atoms with Crippen LogP contribution in [0.3, 0.4) is 0 Å². The smallest absolute Gasteiger partial charge is 0.143 e. The molecule has 0 bridgehead atoms. The molecule has 6 nitrogen and oxygen atoms in total. The number of aliphatic hydroxyl groups is 2. The van der Waals surface area contributed by atoms with Gasteiger partial charge in [-0.3, -0.25) is 0 Å². The first kappa shape index (κ1) is 28.7. The molecule has 0 saturated carbocycles. The number of methoxy groups -OCH3 is 2. The lowest BCUT2D eigenvalue weighted by molar-refractivity contribution is -0.0831. The van der Waals surface area contributed by atoms with Crippen LogP contribution in [0.1, 0.15) is 33.9 Å². The first-order chi connectivity index (χ1) is 19.8. The van der Waals surface area contributed by atoms with E-state index < -0.39 is 41.7 Å². The van der Waals surface area contributed by atoms with E-state index in [9.17, 15) is 19.0 Å². The molecule has 1 unspecified atom stereocenters. The summed E-state index contributed by atoms with van der Waals surface area (Å²) in [6, 6.07) is 26.6. The van der Waals surface area contributed by atoms with Crippen molar-refractivity contribution in [3.8, 4) is 11.5 Å². The predicted molar refractivity (Wildman–Crippen MR) is 149 cm³/mol. The quantitative estimate of drug-likeness (QED) is 0.264. The summed E-state index contributed by atoms with van der Waals surface area (Å²) in [5.74, 6) is -0.225. The van der Waals surface area contributed by atoms with Crippen molar-refractivity contribution in [3.05, 3.63) is 130 Å². The van der Waals surface area contributed by atoms with Gasteiger partial charge in [0.15, 0.2) is 0 Å². The van der Waals surface area contributed by atoms with Gasteiger partial charge in [0.2, 0.25) is 0 Å². The molecule has 8 heteroatoms. The minimum Gasteiger partial charge on any atom is -0.497 e. The van der Waals surface area contributed by atoms with Crippen molar-refractivity contribution in [1.29, 1.82) is 0 Å². The zero-order valence-electron chi connectivity index (χ0n) is 23.0. The molecule has 1 aliphatic rings. The molecule has 2 N–H and O–H groups in total. The molecule has 0 spiro atoms. The van der Waals surface area contributed by atoms with Crippen LogP contribution in [-0.2, 0) is 15.1 Å². The summed E-state index contributed by atoms with van der Waals surface area (Å²) in [5, 5.41) is 21.8. The molecule has 0 aliphatic carbocycles. The summed E-state index contributed by atoms with van der Waals surface area (Å²) in [6.45, 7) is 1.33. The maximum atomic E-state index is 14.7. The minimum atomic E-state index is -1.45. The van der Waals surface area contributed by atoms with Gasteiger partial charge in [-0.25, -0.2) is 8.78 Å². The van der Waals surface area contributed by atoms with E-state index in [0.717, 1.165) is 22.8 Å². The fraction of sp³-hybridized carbons (Fsp3) is 0.273. The molecule has 1 fully saturated rings. The van der Waals surface area contributed by atoms with E-state index in [1.54, 1.807) is 14.2 Å². The third kappa shape index (κ3) is 5.44. The Bertz CT molecular complexity index is 1410. The topological polar surface area (TPSA) is 77.4 Å². The Morgan fingerprint density at radius 3 is 1.80 bits per heavy atom. The van der Waals surface area contributed by atoms with Crippen molar-refractivity contribution in [1.82, 2.24) is 0 Å². The van der Waals surface area contributed by atoms with Gasteiger partial charge in [-0.1, -0.05) is 54.6 Å². The molecule has 1 aliphatic heterocycles. The van der Waals surface area contributed by atoms with Crippen LogP contribution in [0.25, 0.3) is 0 Å². The van der Waals surface area contributed by atoms with Crippen molar-refractivity contribution < 1.29 is 37.9 Å². The molecule has 41 heavy (non-hydrogen) atoms. The highest BCUT2D eigenvalue weighted by molar-refractivity contribution is 5.49. The van der Waals surface area contributed by atoms with Crippen molar-refractivity contribution in [3.63, 3.8) is 0 Å². The van der Waals surface area contributed by atoms with E-state index in [2.05, 4.69) is 0 Å². The molecular formula is C33H32F2O6. The highest BCUT2D eigenvalue weighted by Gasteiger charge is 2.47. The lowest BCUT2D eigenvalue weighted by atomic mass is 9.80. The van der Waals surface area contributed by atoms with E-state index >= 15 is 0 Å². The van der Waals surface area contributed by atoms with Gasteiger partial charge in [0, 0.05) is 11.6 Å². The summed E-state index contributed by atoms with van der Waals surface area (Å²) < 4.78 is 52.1. The second-order valence-electron chi connectivity index (χ2n) is 10.0. The van der Waals surface area contributed by atoms with Crippen LogP contribution in [0.2, 0.25) is 0 Å². The van der Waals surface area contributed by atoms with Crippen LogP contribution in [0.5, 0.6) is 11.5 Å². The summed E-state index contributed by atoms with van der Waals surface area (Å²) in [7, 11) is 3.18. The second kappa shape index (κ2) is 12.0. The van der Waals surface area contributed by atoms with Gasteiger partial charge in [-0.05, 0) is 59.5 Å². The highest BCUT2D eigenvalue weighted by atomic mass is 19.1. The summed E-state index contributed by atoms with van der Waals surface area (Å²) in [6.07, 6.45) is -5.05. The molecular weight excluding hydrogens is 530 g/mol. The van der Waals surface area contributed by atoms with Crippen LogP contribution in [0.4, 0.5) is 8.78 Å². The predicted octanol–water partition coefficient (Wildman–Crippen LogP) is 5.46. The SMILES string of the molecule is COc1ccc(C(OC[C@H]2O[C@@H](c3cc(C)c(F)cc3F)[C@@H](O)C2O)(c2ccccc2)c2ccc(OC)cc2)cc1. The van der Waals surface area contributed by atoms with Crippen molar-refractivity contribution in [2.75, 3.05) is 20.8 Å². The maximum Gasteiger partial charge on any atom is 0.143 e. The largest absolute Gasteiger partial charge is 0.497 e. The van der Waals surface area contributed by atoms with E-state index in [1.807, 2.05) is 78.9 Å². The lowest BCUT2D eigenvalue weighted by Crippen LogP contribution is -2.39. The van der Waals surface area contributed by atoms with E-state index in [0.29, 0.717) is 11.5 Å². The minimum absolute atomic E-state index is 0.0300. The number of benzene rings is 4. The van der Waals surface area contributed by atoms with Gasteiger partial charge in [0.05, 0.1) is 20.8 Å². The number of aliphatic hydroxyl groups excluding tert-OH is 2. The third-order valence-electron chi connectivity index (χ3n) is 7.58. The highest BCUT2D eigenvalue weighted by Crippen LogP contribution is 2.43. The van der Waals surface area contributed by atoms with Gasteiger partial charge in [0.25, 0.3) is 0 Å². The number of ether oxygens (including phenoxy) is 4. The zero-order valence-corrected chi connectivity index (χ0v) is 23.0. The number of halogens is 2. The number of rotatable bonds is 9. The monoisotopic (exact) mass is 562 g/mol. The standard InChI is InChI=1S/C33H32F2O6/c1-20-17-26(28(35)18-27(20)34)32-31(37)30(36)29(41-32)19-40-33(21-7-5-4-6-8-21,22-9-13-24(38-2)14-10-22)23-11-15-25(39-3)16-12-23/h4-18,29-32,36-37H,19H2,1-3H3/t29-,30?,31+,32+/m1/s1. The first-order valence-corrected chi connectivity index (χ1v) is 13.2. The lowest BCUT2D eigenvalue weighted by Gasteiger charge is -2.37. The van der Waals surface area contributed by atoms with Crippen LogP contribution in [-0.4, -0.2) is 49.4 Å². The Morgan fingerprint density at radius 1 is 0.732 bits per heavy atom. The number of hydrogen-bond acceptors (Lipinski definition) is 6. The average molecular weight is 563 g/mol. The molecule has 0 aromatic heterocycles. The van der Waals surface area contributed by atoms with Crippen LogP contribution in [0, 0.1) is 18.6 Å². The fourth-order valence-electron chi connectivity index (χ4n) is 5.32. The van der Waals surface area contributed by atoms with Gasteiger partial charge in [-0.15, -0.1) is 0 Å². The van der Waals surface area contributed by atoms with Gasteiger partial charge >= 0.3 is 0 Å². The Labute approximate surface area is 237 Å². The molecule has 4 aromatic carbocycles. The Hall–Kier alpha value is -3.82. The fourth-order valence-corrected chi connectivity index (χ4v) is 5.32. The third-order valence-corrected chi connectivity index (χ3v) is 7.58. The summed E-state index contributed by atoms with van der Waals surface area (Å²) in [4.78, 5) is 0. The van der Waals surface area contributed by atoms with Crippen molar-refractivity contribution in [2.24, 2.45) is 0 Å². The van der Waals surface area contributed by atoms with Crippen LogP contribution in [0.15, 0.2) is 91.0 Å². The Balaban J connectivity index is 1.55. The van der Waals surface area contributed by atoms with Crippen LogP contribution >= 0.6 is 0 Å².